The van der Waals surface area contributed by atoms with Gasteiger partial charge in [-0.05, 0) is 31.0 Å². The van der Waals surface area contributed by atoms with Crippen LogP contribution in [0.5, 0.6) is 0 Å². The first-order valence-electron chi connectivity index (χ1n) is 8.45. The van der Waals surface area contributed by atoms with Crippen molar-refractivity contribution in [2.45, 2.75) is 22.6 Å². The highest BCUT2D eigenvalue weighted by atomic mass is 32.2. The van der Waals surface area contributed by atoms with Crippen molar-refractivity contribution in [2.24, 2.45) is 5.92 Å². The third-order valence-electron chi connectivity index (χ3n) is 4.70. The van der Waals surface area contributed by atoms with Crippen LogP contribution >= 0.6 is 0 Å². The van der Waals surface area contributed by atoms with Crippen LogP contribution in [0.25, 0.3) is 0 Å². The number of sulfonamides is 2. The first kappa shape index (κ1) is 19.3. The second kappa shape index (κ2) is 6.91. The summed E-state index contributed by atoms with van der Waals surface area (Å²) < 4.78 is 52.6. The standard InChI is InChI=1S/C16H23N3O5S2/c1-17(2)25(21,22)14-4-3-5-15(12-14)26(23,24)19-10-8-18(9-11-19)16(20)13-6-7-13/h3-5,12-13H,6-11H2,1-2H3. The monoisotopic (exact) mass is 401 g/mol. The Hall–Kier alpha value is -1.49. The third kappa shape index (κ3) is 3.64. The molecule has 0 unspecified atom stereocenters. The normalized spacial score (nSPS) is 19.7. The molecule has 10 heteroatoms. The number of amides is 1. The topological polar surface area (TPSA) is 95.1 Å². The Kier molecular flexibility index (Phi) is 5.13. The first-order chi connectivity index (χ1) is 12.1. The van der Waals surface area contributed by atoms with E-state index >= 15 is 0 Å². The van der Waals surface area contributed by atoms with Gasteiger partial charge in [0.1, 0.15) is 0 Å². The molecule has 0 N–H and O–H groups in total. The van der Waals surface area contributed by atoms with Gasteiger partial charge in [0.25, 0.3) is 0 Å². The maximum atomic E-state index is 12.9. The summed E-state index contributed by atoms with van der Waals surface area (Å²) in [5.74, 6) is 0.229. The Morgan fingerprint density at radius 1 is 1.00 bits per heavy atom. The summed E-state index contributed by atoms with van der Waals surface area (Å²) in [6.45, 7) is 1.16. The van der Waals surface area contributed by atoms with Gasteiger partial charge in [-0.25, -0.2) is 21.1 Å². The Bertz CT molecular complexity index is 900. The second-order valence-corrected chi connectivity index (χ2v) is 10.9. The number of carbonyl (C=O) groups is 1. The Morgan fingerprint density at radius 3 is 2.12 bits per heavy atom. The van der Waals surface area contributed by atoms with Gasteiger partial charge in [0, 0.05) is 46.2 Å². The van der Waals surface area contributed by atoms with E-state index < -0.39 is 20.0 Å². The van der Waals surface area contributed by atoms with E-state index in [0.717, 1.165) is 17.1 Å². The van der Waals surface area contributed by atoms with E-state index in [1.165, 1.54) is 42.7 Å². The molecule has 0 bridgehead atoms. The Balaban J connectivity index is 1.78. The summed E-state index contributed by atoms with van der Waals surface area (Å²) in [5.41, 5.74) is 0. The molecule has 0 atom stereocenters. The third-order valence-corrected chi connectivity index (χ3v) is 8.40. The highest BCUT2D eigenvalue weighted by Gasteiger charge is 2.36. The van der Waals surface area contributed by atoms with Crippen LogP contribution in [0.2, 0.25) is 0 Å². The molecule has 1 aliphatic heterocycles. The molecule has 2 aliphatic rings. The molecule has 8 nitrogen and oxygen atoms in total. The van der Waals surface area contributed by atoms with Crippen molar-refractivity contribution < 1.29 is 21.6 Å². The van der Waals surface area contributed by atoms with Gasteiger partial charge in [-0.1, -0.05) is 6.07 Å². The van der Waals surface area contributed by atoms with Crippen molar-refractivity contribution in [3.8, 4) is 0 Å². The molecular formula is C16H23N3O5S2. The highest BCUT2D eigenvalue weighted by Crippen LogP contribution is 2.31. The number of piperazine rings is 1. The van der Waals surface area contributed by atoms with E-state index in [9.17, 15) is 21.6 Å². The summed E-state index contributed by atoms with van der Waals surface area (Å²) in [6.07, 6.45) is 1.84. The number of hydrogen-bond donors (Lipinski definition) is 0. The van der Waals surface area contributed by atoms with Crippen molar-refractivity contribution >= 4 is 26.0 Å². The summed E-state index contributed by atoms with van der Waals surface area (Å²) in [4.78, 5) is 13.7. The molecule has 144 valence electrons. The maximum Gasteiger partial charge on any atom is 0.243 e. The highest BCUT2D eigenvalue weighted by molar-refractivity contribution is 7.90. The van der Waals surface area contributed by atoms with Gasteiger partial charge in [-0.3, -0.25) is 4.79 Å². The predicted molar refractivity (Wildman–Crippen MR) is 95.4 cm³/mol. The molecular weight excluding hydrogens is 378 g/mol. The van der Waals surface area contributed by atoms with E-state index in [2.05, 4.69) is 0 Å². The lowest BCUT2D eigenvalue weighted by molar-refractivity contribution is -0.133. The molecule has 1 aromatic carbocycles. The van der Waals surface area contributed by atoms with Crippen LogP contribution in [-0.2, 0) is 24.8 Å². The number of carbonyl (C=O) groups excluding carboxylic acids is 1. The van der Waals surface area contributed by atoms with E-state index in [0.29, 0.717) is 13.1 Å². The Labute approximate surface area is 154 Å². The van der Waals surface area contributed by atoms with Crippen LogP contribution in [0, 0.1) is 5.92 Å². The lowest BCUT2D eigenvalue weighted by atomic mass is 10.3. The molecule has 26 heavy (non-hydrogen) atoms. The lowest BCUT2D eigenvalue weighted by Crippen LogP contribution is -2.50. The summed E-state index contributed by atoms with van der Waals surface area (Å²) >= 11 is 0. The van der Waals surface area contributed by atoms with Crippen molar-refractivity contribution in [3.63, 3.8) is 0 Å². The van der Waals surface area contributed by atoms with Gasteiger partial charge in [0.15, 0.2) is 0 Å². The van der Waals surface area contributed by atoms with Crippen molar-refractivity contribution in [2.75, 3.05) is 40.3 Å². The molecule has 1 aromatic rings. The predicted octanol–water partition coefficient (Wildman–Crippen LogP) is 0.180. The van der Waals surface area contributed by atoms with Crippen LogP contribution in [0.3, 0.4) is 0 Å². The van der Waals surface area contributed by atoms with E-state index in [1.807, 2.05) is 0 Å². The fourth-order valence-electron chi connectivity index (χ4n) is 2.89. The van der Waals surface area contributed by atoms with Crippen LogP contribution in [0.1, 0.15) is 12.8 Å². The van der Waals surface area contributed by atoms with E-state index in [-0.39, 0.29) is 34.7 Å². The SMILES string of the molecule is CN(C)S(=O)(=O)c1cccc(S(=O)(=O)N2CCN(C(=O)C3CC3)CC2)c1. The summed E-state index contributed by atoms with van der Waals surface area (Å²) in [7, 11) is -4.74. The van der Waals surface area contributed by atoms with Gasteiger partial charge < -0.3 is 4.90 Å². The van der Waals surface area contributed by atoms with Crippen molar-refractivity contribution in [1.82, 2.24) is 13.5 Å². The van der Waals surface area contributed by atoms with Crippen LogP contribution < -0.4 is 0 Å². The molecule has 1 saturated heterocycles. The Morgan fingerprint density at radius 2 is 1.58 bits per heavy atom. The molecule has 0 radical (unpaired) electrons. The molecule has 1 saturated carbocycles. The number of rotatable bonds is 5. The molecule has 3 rings (SSSR count). The van der Waals surface area contributed by atoms with Gasteiger partial charge in [0.05, 0.1) is 9.79 Å². The van der Waals surface area contributed by atoms with Crippen LogP contribution in [-0.4, -0.2) is 76.5 Å². The van der Waals surface area contributed by atoms with E-state index in [1.54, 1.807) is 4.90 Å². The van der Waals surface area contributed by atoms with Crippen LogP contribution in [0.4, 0.5) is 0 Å². The van der Waals surface area contributed by atoms with Gasteiger partial charge in [0.2, 0.25) is 26.0 Å². The van der Waals surface area contributed by atoms with Crippen molar-refractivity contribution in [1.29, 1.82) is 0 Å². The molecule has 0 aromatic heterocycles. The zero-order chi connectivity index (χ0) is 19.1. The lowest BCUT2D eigenvalue weighted by Gasteiger charge is -2.34. The maximum absolute atomic E-state index is 12.9. The average Bonchev–Trinajstić information content (AvgIpc) is 3.46. The largest absolute Gasteiger partial charge is 0.340 e. The first-order valence-corrected chi connectivity index (χ1v) is 11.3. The molecule has 1 amide bonds. The second-order valence-electron chi connectivity index (χ2n) is 6.77. The average molecular weight is 402 g/mol. The van der Waals surface area contributed by atoms with Gasteiger partial charge >= 0.3 is 0 Å². The van der Waals surface area contributed by atoms with Gasteiger partial charge in [-0.15, -0.1) is 0 Å². The quantitative estimate of drug-likeness (QED) is 0.701. The fourth-order valence-corrected chi connectivity index (χ4v) is 5.38. The minimum atomic E-state index is -3.81. The molecule has 1 aliphatic carbocycles. The van der Waals surface area contributed by atoms with Crippen molar-refractivity contribution in [3.05, 3.63) is 24.3 Å². The zero-order valence-corrected chi connectivity index (χ0v) is 16.5. The summed E-state index contributed by atoms with van der Waals surface area (Å²) in [6, 6.07) is 5.38. The van der Waals surface area contributed by atoms with Gasteiger partial charge in [-0.2, -0.15) is 4.31 Å². The molecule has 2 fully saturated rings. The molecule has 0 spiro atoms. The van der Waals surface area contributed by atoms with Crippen LogP contribution in [0.15, 0.2) is 34.1 Å². The smallest absolute Gasteiger partial charge is 0.243 e. The minimum Gasteiger partial charge on any atom is -0.340 e. The molecule has 1 heterocycles. The minimum absolute atomic E-state index is 0.0533. The summed E-state index contributed by atoms with van der Waals surface area (Å²) in [5, 5.41) is 0. The van der Waals surface area contributed by atoms with E-state index in [4.69, 9.17) is 0 Å². The number of nitrogens with zero attached hydrogens (tertiary/aromatic N) is 3. The zero-order valence-electron chi connectivity index (χ0n) is 14.8. The number of benzene rings is 1. The number of hydrogen-bond acceptors (Lipinski definition) is 5. The fraction of sp³-hybridized carbons (Fsp3) is 0.562.